The van der Waals surface area contributed by atoms with Crippen molar-refractivity contribution in [3.05, 3.63) is 23.9 Å². The predicted molar refractivity (Wildman–Crippen MR) is 96.4 cm³/mol. The van der Waals surface area contributed by atoms with Crippen LogP contribution in [-0.2, 0) is 0 Å². The van der Waals surface area contributed by atoms with Gasteiger partial charge < -0.3 is 14.9 Å². The van der Waals surface area contributed by atoms with Crippen LogP contribution in [0.15, 0.2) is 18.3 Å². The van der Waals surface area contributed by atoms with Crippen molar-refractivity contribution in [3.63, 3.8) is 0 Å². The molecule has 0 saturated carbocycles. The van der Waals surface area contributed by atoms with E-state index < -0.39 is 0 Å². The van der Waals surface area contributed by atoms with E-state index in [0.29, 0.717) is 25.2 Å². The smallest absolute Gasteiger partial charge is 0.254 e. The van der Waals surface area contributed by atoms with Gasteiger partial charge >= 0.3 is 0 Å². The molecule has 1 aliphatic heterocycles. The lowest BCUT2D eigenvalue weighted by atomic mass is 9.89. The Kier molecular flexibility index (Phi) is 5.83. The predicted octanol–water partition coefficient (Wildman–Crippen LogP) is 1.31. The zero-order chi connectivity index (χ0) is 17.9. The first kappa shape index (κ1) is 18.7. The lowest BCUT2D eigenvalue weighted by Gasteiger charge is -2.38. The van der Waals surface area contributed by atoms with Crippen LogP contribution in [0, 0.1) is 5.41 Å². The molecule has 0 radical (unpaired) electrons. The summed E-state index contributed by atoms with van der Waals surface area (Å²) in [5.74, 6) is 0.837. The van der Waals surface area contributed by atoms with Crippen molar-refractivity contribution < 1.29 is 9.90 Å². The number of pyridine rings is 1. The summed E-state index contributed by atoms with van der Waals surface area (Å²) < 4.78 is 0. The Hall–Kier alpha value is -1.66. The van der Waals surface area contributed by atoms with E-state index in [1.54, 1.807) is 12.3 Å². The van der Waals surface area contributed by atoms with Crippen LogP contribution in [0.1, 0.15) is 31.1 Å². The Balaban J connectivity index is 1.92. The molecule has 6 nitrogen and oxygen atoms in total. The maximum atomic E-state index is 12.7. The normalized spacial score (nSPS) is 17.7. The van der Waals surface area contributed by atoms with Crippen LogP contribution in [-0.4, -0.2) is 78.7 Å². The van der Waals surface area contributed by atoms with E-state index in [1.807, 2.05) is 50.7 Å². The highest BCUT2D eigenvalue weighted by Crippen LogP contribution is 2.20. The van der Waals surface area contributed by atoms with Crippen LogP contribution < -0.4 is 4.90 Å². The Labute approximate surface area is 145 Å². The molecule has 2 heterocycles. The fourth-order valence-corrected chi connectivity index (χ4v) is 2.63. The highest BCUT2D eigenvalue weighted by atomic mass is 16.3. The zero-order valence-electron chi connectivity index (χ0n) is 15.5. The number of nitrogens with zero attached hydrogens (tertiary/aromatic N) is 4. The highest BCUT2D eigenvalue weighted by molar-refractivity contribution is 5.94. The van der Waals surface area contributed by atoms with Crippen LogP contribution in [0.3, 0.4) is 0 Å². The lowest BCUT2D eigenvalue weighted by Crippen LogP contribution is -2.51. The van der Waals surface area contributed by atoms with Gasteiger partial charge in [-0.25, -0.2) is 4.98 Å². The molecule has 1 aromatic rings. The second-order valence-electron chi connectivity index (χ2n) is 7.77. The average Bonchev–Trinajstić information content (AvgIpc) is 2.54. The largest absolute Gasteiger partial charge is 0.391 e. The van der Waals surface area contributed by atoms with Gasteiger partial charge in [-0.05, 0) is 17.5 Å². The number of carbonyl (C=O) groups is 1. The number of carbonyl (C=O) groups excluding carboxylic acids is 1. The first-order valence-corrected chi connectivity index (χ1v) is 8.51. The maximum Gasteiger partial charge on any atom is 0.254 e. The van der Waals surface area contributed by atoms with E-state index in [2.05, 4.69) is 9.88 Å². The Morgan fingerprint density at radius 3 is 2.46 bits per heavy atom. The number of hydrogen-bond acceptors (Lipinski definition) is 5. The number of aliphatic hydroxyl groups is 1. The van der Waals surface area contributed by atoms with Crippen molar-refractivity contribution in [1.82, 2.24) is 14.8 Å². The molecule has 0 aromatic carbocycles. The molecular weight excluding hydrogens is 304 g/mol. The first-order chi connectivity index (χ1) is 11.2. The van der Waals surface area contributed by atoms with Gasteiger partial charge in [0.15, 0.2) is 0 Å². The third kappa shape index (κ3) is 4.68. The number of aliphatic hydroxyl groups excluding tert-OH is 1. The van der Waals surface area contributed by atoms with Crippen LogP contribution in [0.2, 0.25) is 0 Å². The zero-order valence-corrected chi connectivity index (χ0v) is 15.5. The van der Waals surface area contributed by atoms with E-state index >= 15 is 0 Å². The van der Waals surface area contributed by atoms with Crippen LogP contribution in [0.4, 0.5) is 5.82 Å². The van der Waals surface area contributed by atoms with Gasteiger partial charge in [0, 0.05) is 58.6 Å². The van der Waals surface area contributed by atoms with Crippen LogP contribution in [0.5, 0.6) is 0 Å². The number of aromatic nitrogens is 1. The van der Waals surface area contributed by atoms with Crippen molar-refractivity contribution in [2.45, 2.75) is 26.9 Å². The molecule has 2 rings (SSSR count). The molecule has 0 bridgehead atoms. The fourth-order valence-electron chi connectivity index (χ4n) is 2.63. The molecule has 0 spiro atoms. The number of β-amino-alcohol motifs (C(OH)–C–C–N with tert-alkyl or cyclic N) is 1. The summed E-state index contributed by atoms with van der Waals surface area (Å²) >= 11 is 0. The van der Waals surface area contributed by atoms with Crippen LogP contribution >= 0.6 is 0 Å². The summed E-state index contributed by atoms with van der Waals surface area (Å²) in [5, 5.41) is 10.2. The summed E-state index contributed by atoms with van der Waals surface area (Å²) in [7, 11) is 3.83. The standard InChI is InChI=1S/C18H30N4O2/c1-18(2,3)15(23)13-21-8-10-22(11-9-21)17(24)14-6-7-19-16(12-14)20(4)5/h6-7,12,15,23H,8-11,13H2,1-5H3. The van der Waals surface area contributed by atoms with Crippen molar-refractivity contribution in [2.75, 3.05) is 51.7 Å². The molecule has 1 amide bonds. The maximum absolute atomic E-state index is 12.7. The van der Waals surface area contributed by atoms with E-state index in [4.69, 9.17) is 0 Å². The molecule has 1 fully saturated rings. The van der Waals surface area contributed by atoms with Crippen molar-refractivity contribution >= 4 is 11.7 Å². The third-order valence-electron chi connectivity index (χ3n) is 4.54. The van der Waals surface area contributed by atoms with E-state index in [0.717, 1.165) is 18.9 Å². The second kappa shape index (κ2) is 7.49. The summed E-state index contributed by atoms with van der Waals surface area (Å²) in [5.41, 5.74) is 0.559. The number of rotatable bonds is 4. The highest BCUT2D eigenvalue weighted by Gasteiger charge is 2.28. The van der Waals surface area contributed by atoms with E-state index in [9.17, 15) is 9.90 Å². The molecule has 1 saturated heterocycles. The minimum absolute atomic E-state index is 0.0523. The monoisotopic (exact) mass is 334 g/mol. The SMILES string of the molecule is CN(C)c1cc(C(=O)N2CCN(CC(O)C(C)(C)C)CC2)ccn1. The Morgan fingerprint density at radius 1 is 1.29 bits per heavy atom. The fraction of sp³-hybridized carbons (Fsp3) is 0.667. The van der Waals surface area contributed by atoms with Gasteiger partial charge in [-0.15, -0.1) is 0 Å². The molecule has 1 aliphatic rings. The molecule has 6 heteroatoms. The Bertz CT molecular complexity index is 560. The summed E-state index contributed by atoms with van der Waals surface area (Å²) in [4.78, 5) is 22.9. The number of piperazine rings is 1. The number of hydrogen-bond donors (Lipinski definition) is 1. The quantitative estimate of drug-likeness (QED) is 0.900. The van der Waals surface area contributed by atoms with Gasteiger partial charge in [0.05, 0.1) is 6.10 Å². The Morgan fingerprint density at radius 2 is 1.92 bits per heavy atom. The molecule has 0 aliphatic carbocycles. The minimum atomic E-state index is -0.359. The average molecular weight is 334 g/mol. The minimum Gasteiger partial charge on any atom is -0.391 e. The van der Waals surface area contributed by atoms with Crippen molar-refractivity contribution in [2.24, 2.45) is 5.41 Å². The summed E-state index contributed by atoms with van der Waals surface area (Å²) in [6.07, 6.45) is 1.32. The van der Waals surface area contributed by atoms with E-state index in [1.165, 1.54) is 0 Å². The van der Waals surface area contributed by atoms with E-state index in [-0.39, 0.29) is 17.4 Å². The molecule has 134 valence electrons. The van der Waals surface area contributed by atoms with Gasteiger partial charge in [-0.3, -0.25) is 9.69 Å². The number of amides is 1. The summed E-state index contributed by atoms with van der Waals surface area (Å²) in [6.45, 7) is 9.76. The van der Waals surface area contributed by atoms with Gasteiger partial charge in [-0.1, -0.05) is 20.8 Å². The number of anilines is 1. The first-order valence-electron chi connectivity index (χ1n) is 8.51. The molecule has 1 aromatic heterocycles. The van der Waals surface area contributed by atoms with Crippen molar-refractivity contribution in [3.8, 4) is 0 Å². The lowest BCUT2D eigenvalue weighted by molar-refractivity contribution is 0.0137. The third-order valence-corrected chi connectivity index (χ3v) is 4.54. The second-order valence-corrected chi connectivity index (χ2v) is 7.77. The van der Waals surface area contributed by atoms with Gasteiger partial charge in [0.25, 0.3) is 5.91 Å². The summed E-state index contributed by atoms with van der Waals surface area (Å²) in [6, 6.07) is 3.60. The molecule has 1 unspecified atom stereocenters. The molecule has 1 atom stereocenters. The van der Waals surface area contributed by atoms with Gasteiger partial charge in [0.1, 0.15) is 5.82 Å². The molecular formula is C18H30N4O2. The topological polar surface area (TPSA) is 59.9 Å². The molecule has 1 N–H and O–H groups in total. The van der Waals surface area contributed by atoms with Crippen molar-refractivity contribution in [1.29, 1.82) is 0 Å². The molecule has 24 heavy (non-hydrogen) atoms. The van der Waals surface area contributed by atoms with Gasteiger partial charge in [0.2, 0.25) is 0 Å². The van der Waals surface area contributed by atoms with Crippen LogP contribution in [0.25, 0.3) is 0 Å². The van der Waals surface area contributed by atoms with Gasteiger partial charge in [-0.2, -0.15) is 0 Å².